The Bertz CT molecular complexity index is 1140. The molecule has 31 heavy (non-hydrogen) atoms. The van der Waals surface area contributed by atoms with Crippen molar-refractivity contribution in [2.24, 2.45) is 0 Å². The molecule has 2 amide bonds. The zero-order valence-electron chi connectivity index (χ0n) is 17.8. The summed E-state index contributed by atoms with van der Waals surface area (Å²) in [6.07, 6.45) is 2.27. The first-order chi connectivity index (χ1) is 15.1. The number of hydrogen-bond acceptors (Lipinski definition) is 4. The maximum atomic E-state index is 12.8. The fourth-order valence-electron chi connectivity index (χ4n) is 4.16. The van der Waals surface area contributed by atoms with Crippen LogP contribution in [0.4, 0.5) is 0 Å². The molecule has 0 aliphatic carbocycles. The molecule has 2 aromatic heterocycles. The van der Waals surface area contributed by atoms with Crippen LogP contribution in [0.5, 0.6) is 0 Å². The number of nitrogens with zero attached hydrogens (tertiary/aromatic N) is 3. The number of carbonyl (C=O) groups is 2. The van der Waals surface area contributed by atoms with Crippen LogP contribution in [0.1, 0.15) is 36.6 Å². The number of rotatable bonds is 8. The lowest BCUT2D eigenvalue weighted by atomic mass is 10.1. The number of carbonyl (C=O) groups excluding carboxylic acids is 2. The summed E-state index contributed by atoms with van der Waals surface area (Å²) in [6.45, 7) is 4.74. The lowest BCUT2D eigenvalue weighted by Crippen LogP contribution is -2.37. The molecule has 0 radical (unpaired) electrons. The summed E-state index contributed by atoms with van der Waals surface area (Å²) >= 11 is 1.75. The monoisotopic (exact) mass is 440 g/mol. The van der Waals surface area contributed by atoms with Gasteiger partial charge in [-0.1, -0.05) is 19.1 Å². The summed E-state index contributed by atoms with van der Waals surface area (Å²) in [5, 5.41) is 4.90. The van der Waals surface area contributed by atoms with Crippen molar-refractivity contribution in [3.8, 4) is 0 Å². The number of nitrogens with one attached hydrogen (secondary N) is 1. The topological polar surface area (TPSA) is 76.3 Å². The Kier molecular flexibility index (Phi) is 6.56. The normalized spacial score (nSPS) is 13.4. The Balaban J connectivity index is 1.28. The number of imidazole rings is 1. The smallest absolute Gasteiger partial charge is 0.329 e. The fraction of sp³-hybridized carbons (Fsp3) is 0.435. The second-order valence-corrected chi connectivity index (χ2v) is 8.86. The van der Waals surface area contributed by atoms with Gasteiger partial charge in [0.1, 0.15) is 0 Å². The highest BCUT2D eigenvalue weighted by Crippen LogP contribution is 2.24. The maximum Gasteiger partial charge on any atom is 0.329 e. The standard InChI is InChI=1S/C23H28N4O3S/c1-2-12-26-18-5-3-4-6-19(18)27(23(26)30)14-9-21(28)24-11-7-22(29)25-13-8-20-17(16-25)10-15-31-20/h3-6,10,15H,2,7-9,11-14,16H2,1H3,(H,24,28). The van der Waals surface area contributed by atoms with Crippen LogP contribution in [-0.4, -0.2) is 38.9 Å². The van der Waals surface area contributed by atoms with Crippen molar-refractivity contribution in [1.82, 2.24) is 19.4 Å². The molecule has 3 aromatic rings. The van der Waals surface area contributed by atoms with Crippen molar-refractivity contribution in [1.29, 1.82) is 0 Å². The summed E-state index contributed by atoms with van der Waals surface area (Å²) in [5.41, 5.74) is 2.91. The highest BCUT2D eigenvalue weighted by molar-refractivity contribution is 7.10. The third kappa shape index (κ3) is 4.58. The molecule has 0 bridgehead atoms. The molecule has 0 saturated heterocycles. The van der Waals surface area contributed by atoms with Crippen LogP contribution >= 0.6 is 11.3 Å². The third-order valence-electron chi connectivity index (χ3n) is 5.76. The minimum absolute atomic E-state index is 0.0657. The minimum atomic E-state index is -0.147. The summed E-state index contributed by atoms with van der Waals surface area (Å²) in [6, 6.07) is 9.76. The molecule has 0 unspecified atom stereocenters. The average molecular weight is 441 g/mol. The predicted molar refractivity (Wildman–Crippen MR) is 122 cm³/mol. The quantitative estimate of drug-likeness (QED) is 0.585. The van der Waals surface area contributed by atoms with Crippen molar-refractivity contribution in [3.05, 3.63) is 56.6 Å². The Labute approximate surface area is 185 Å². The molecule has 164 valence electrons. The van der Waals surface area contributed by atoms with Crippen LogP contribution in [0.15, 0.2) is 40.5 Å². The summed E-state index contributed by atoms with van der Waals surface area (Å²) in [7, 11) is 0. The van der Waals surface area contributed by atoms with E-state index in [1.165, 1.54) is 10.4 Å². The third-order valence-corrected chi connectivity index (χ3v) is 6.78. The van der Waals surface area contributed by atoms with Gasteiger partial charge in [-0.15, -0.1) is 11.3 Å². The molecule has 8 heteroatoms. The number of aromatic nitrogens is 2. The van der Waals surface area contributed by atoms with Crippen LogP contribution in [0.3, 0.4) is 0 Å². The lowest BCUT2D eigenvalue weighted by Gasteiger charge is -2.27. The first-order valence-electron chi connectivity index (χ1n) is 10.9. The van der Waals surface area contributed by atoms with Gasteiger partial charge in [-0.2, -0.15) is 0 Å². The van der Waals surface area contributed by atoms with Gasteiger partial charge in [-0.05, 0) is 42.0 Å². The van der Waals surface area contributed by atoms with Gasteiger partial charge in [-0.3, -0.25) is 18.7 Å². The number of fused-ring (bicyclic) bond motifs is 2. The molecule has 0 spiro atoms. The summed E-state index contributed by atoms with van der Waals surface area (Å²) in [5.74, 6) is -0.0817. The van der Waals surface area contributed by atoms with E-state index in [1.807, 2.05) is 36.1 Å². The number of benzene rings is 1. The lowest BCUT2D eigenvalue weighted by molar-refractivity contribution is -0.132. The van der Waals surface area contributed by atoms with Crippen molar-refractivity contribution in [3.63, 3.8) is 0 Å². The van der Waals surface area contributed by atoms with Crippen LogP contribution in [0.2, 0.25) is 0 Å². The van der Waals surface area contributed by atoms with Gasteiger partial charge in [0, 0.05) is 50.4 Å². The molecule has 0 fully saturated rings. The Morgan fingerprint density at radius 3 is 2.55 bits per heavy atom. The van der Waals surface area contributed by atoms with Crippen molar-refractivity contribution in [2.45, 2.75) is 52.2 Å². The van der Waals surface area contributed by atoms with E-state index in [-0.39, 0.29) is 23.9 Å². The second-order valence-electron chi connectivity index (χ2n) is 7.86. The molecule has 4 rings (SSSR count). The maximum absolute atomic E-state index is 12.8. The van der Waals surface area contributed by atoms with Crippen molar-refractivity contribution < 1.29 is 9.59 Å². The van der Waals surface area contributed by atoms with E-state index >= 15 is 0 Å². The van der Waals surface area contributed by atoms with E-state index in [0.717, 1.165) is 30.4 Å². The van der Waals surface area contributed by atoms with E-state index in [1.54, 1.807) is 20.5 Å². The zero-order chi connectivity index (χ0) is 21.8. The number of hydrogen-bond donors (Lipinski definition) is 1. The molecule has 1 aliphatic heterocycles. The number of amides is 2. The highest BCUT2D eigenvalue weighted by atomic mass is 32.1. The van der Waals surface area contributed by atoms with Gasteiger partial charge >= 0.3 is 5.69 Å². The molecular formula is C23H28N4O3S. The Hall–Kier alpha value is -2.87. The summed E-state index contributed by atoms with van der Waals surface area (Å²) < 4.78 is 3.44. The Morgan fingerprint density at radius 2 is 1.81 bits per heavy atom. The molecular weight excluding hydrogens is 412 g/mol. The van der Waals surface area contributed by atoms with Gasteiger partial charge in [0.2, 0.25) is 11.8 Å². The fourth-order valence-corrected chi connectivity index (χ4v) is 5.05. The van der Waals surface area contributed by atoms with E-state index in [4.69, 9.17) is 0 Å². The largest absolute Gasteiger partial charge is 0.356 e. The zero-order valence-corrected chi connectivity index (χ0v) is 18.6. The minimum Gasteiger partial charge on any atom is -0.356 e. The molecule has 1 aliphatic rings. The number of aryl methyl sites for hydroxylation is 2. The molecule has 0 saturated carbocycles. The molecule has 3 heterocycles. The van der Waals surface area contributed by atoms with Crippen LogP contribution in [-0.2, 0) is 35.6 Å². The Morgan fingerprint density at radius 1 is 1.06 bits per heavy atom. The SMILES string of the molecule is CCCn1c(=O)n(CCC(=O)NCCC(=O)N2CCc3sccc3C2)c2ccccc21. The van der Waals surface area contributed by atoms with Crippen LogP contribution < -0.4 is 11.0 Å². The van der Waals surface area contributed by atoms with E-state index < -0.39 is 0 Å². The van der Waals surface area contributed by atoms with E-state index in [2.05, 4.69) is 16.8 Å². The second kappa shape index (κ2) is 9.51. The van der Waals surface area contributed by atoms with Gasteiger partial charge in [0.15, 0.2) is 0 Å². The number of para-hydroxylation sites is 2. The van der Waals surface area contributed by atoms with Gasteiger partial charge in [0.05, 0.1) is 11.0 Å². The van der Waals surface area contributed by atoms with E-state index in [0.29, 0.717) is 32.6 Å². The van der Waals surface area contributed by atoms with Gasteiger partial charge in [0.25, 0.3) is 0 Å². The number of thiophene rings is 1. The molecule has 1 aromatic carbocycles. The molecule has 7 nitrogen and oxygen atoms in total. The highest BCUT2D eigenvalue weighted by Gasteiger charge is 2.21. The summed E-state index contributed by atoms with van der Waals surface area (Å²) in [4.78, 5) is 40.8. The van der Waals surface area contributed by atoms with E-state index in [9.17, 15) is 14.4 Å². The van der Waals surface area contributed by atoms with Gasteiger partial charge in [-0.25, -0.2) is 4.79 Å². The average Bonchev–Trinajstić information content (AvgIpc) is 3.35. The van der Waals surface area contributed by atoms with Crippen molar-refractivity contribution in [2.75, 3.05) is 13.1 Å². The van der Waals surface area contributed by atoms with Gasteiger partial charge < -0.3 is 10.2 Å². The first kappa shape index (κ1) is 21.4. The van der Waals surface area contributed by atoms with Crippen LogP contribution in [0.25, 0.3) is 11.0 Å². The van der Waals surface area contributed by atoms with Crippen molar-refractivity contribution >= 4 is 34.2 Å². The first-order valence-corrected chi connectivity index (χ1v) is 11.7. The molecule has 0 atom stereocenters. The van der Waals surface area contributed by atoms with Crippen LogP contribution in [0, 0.1) is 0 Å². The molecule has 1 N–H and O–H groups in total. The predicted octanol–water partition coefficient (Wildman–Crippen LogP) is 2.76.